The van der Waals surface area contributed by atoms with Gasteiger partial charge in [-0.15, -0.1) is 5.10 Å². The predicted molar refractivity (Wildman–Crippen MR) is 94.2 cm³/mol. The normalized spacial score (nSPS) is 15.9. The second-order valence-electron chi connectivity index (χ2n) is 6.47. The molecule has 1 saturated heterocycles. The van der Waals surface area contributed by atoms with Crippen molar-refractivity contribution in [2.24, 2.45) is 0 Å². The number of nitrogens with one attached hydrogen (secondary N) is 1. The molecule has 1 aliphatic heterocycles. The zero-order valence-corrected chi connectivity index (χ0v) is 14.9. The lowest BCUT2D eigenvalue weighted by atomic mass is 10.0. The average molecular weight is 361 g/mol. The third-order valence-corrected chi connectivity index (χ3v) is 4.59. The number of carbonyl (C=O) groups excluding carboxylic acids is 1. The van der Waals surface area contributed by atoms with E-state index in [0.29, 0.717) is 18.8 Å². The van der Waals surface area contributed by atoms with Crippen LogP contribution in [-0.2, 0) is 11.3 Å². The van der Waals surface area contributed by atoms with Crippen LogP contribution in [0, 0.1) is 5.82 Å². The van der Waals surface area contributed by atoms with Gasteiger partial charge in [0.05, 0.1) is 18.8 Å². The number of hydrogen-bond acceptors (Lipinski definition) is 5. The van der Waals surface area contributed by atoms with Crippen LogP contribution in [0.5, 0.6) is 0 Å². The molecule has 140 valence electrons. The number of hydrogen-bond donors (Lipinski definition) is 1. The van der Waals surface area contributed by atoms with Gasteiger partial charge in [-0.1, -0.05) is 17.3 Å². The molecule has 1 N–H and O–H groups in total. The number of likely N-dealkylation sites (tertiary alicyclic amines) is 1. The molecule has 2 heterocycles. The minimum Gasteiger partial charge on any atom is -0.383 e. The van der Waals surface area contributed by atoms with Gasteiger partial charge in [0, 0.05) is 33.3 Å². The van der Waals surface area contributed by atoms with Crippen LogP contribution < -0.4 is 5.32 Å². The fourth-order valence-corrected chi connectivity index (χ4v) is 3.11. The Morgan fingerprint density at radius 3 is 2.73 bits per heavy atom. The molecule has 0 aliphatic carbocycles. The molecule has 0 bridgehead atoms. The molecule has 1 fully saturated rings. The Bertz CT molecular complexity index is 711. The zero-order chi connectivity index (χ0) is 18.4. The zero-order valence-electron chi connectivity index (χ0n) is 14.9. The molecule has 1 amide bonds. The van der Waals surface area contributed by atoms with Crippen LogP contribution in [0.3, 0.4) is 0 Å². The summed E-state index contributed by atoms with van der Waals surface area (Å²) in [7, 11) is 1.59. The minimum atomic E-state index is -0.234. The van der Waals surface area contributed by atoms with Gasteiger partial charge in [-0.2, -0.15) is 0 Å². The Labute approximate surface area is 152 Å². The minimum absolute atomic E-state index is 0.208. The average Bonchev–Trinajstić information content (AvgIpc) is 3.15. The molecule has 0 saturated carbocycles. The second kappa shape index (κ2) is 8.86. The number of rotatable bonds is 7. The van der Waals surface area contributed by atoms with E-state index < -0.39 is 0 Å². The summed E-state index contributed by atoms with van der Waals surface area (Å²) >= 11 is 0. The summed E-state index contributed by atoms with van der Waals surface area (Å²) in [5, 5.41) is 10.8. The van der Waals surface area contributed by atoms with Crippen molar-refractivity contribution < 1.29 is 13.9 Å². The van der Waals surface area contributed by atoms with Gasteiger partial charge in [-0.05, 0) is 30.5 Å². The molecule has 26 heavy (non-hydrogen) atoms. The molecule has 0 atom stereocenters. The molecular formula is C18H24FN5O2. The molecule has 2 aromatic rings. The van der Waals surface area contributed by atoms with E-state index in [-0.39, 0.29) is 17.8 Å². The quantitative estimate of drug-likeness (QED) is 0.759. The van der Waals surface area contributed by atoms with E-state index in [4.69, 9.17) is 4.74 Å². The molecule has 0 spiro atoms. The first-order valence-corrected chi connectivity index (χ1v) is 8.81. The number of halogens is 1. The molecule has 7 nitrogen and oxygen atoms in total. The fourth-order valence-electron chi connectivity index (χ4n) is 3.11. The summed E-state index contributed by atoms with van der Waals surface area (Å²) in [6.45, 7) is 3.59. The van der Waals surface area contributed by atoms with Crippen LogP contribution in [0.15, 0.2) is 30.5 Å². The van der Waals surface area contributed by atoms with Crippen LogP contribution in [-0.4, -0.2) is 59.2 Å². The number of carbonyl (C=O) groups is 1. The lowest BCUT2D eigenvalue weighted by Gasteiger charge is -2.31. The number of piperidine rings is 1. The summed E-state index contributed by atoms with van der Waals surface area (Å²) in [5.74, 6) is -0.442. The second-order valence-corrected chi connectivity index (χ2v) is 6.47. The highest BCUT2D eigenvalue weighted by atomic mass is 19.1. The van der Waals surface area contributed by atoms with Crippen LogP contribution in [0.1, 0.15) is 34.9 Å². The topological polar surface area (TPSA) is 72.3 Å². The monoisotopic (exact) mass is 361 g/mol. The van der Waals surface area contributed by atoms with E-state index in [2.05, 4.69) is 20.5 Å². The van der Waals surface area contributed by atoms with E-state index in [1.165, 1.54) is 12.1 Å². The Morgan fingerprint density at radius 2 is 2.04 bits per heavy atom. The molecule has 0 radical (unpaired) electrons. The van der Waals surface area contributed by atoms with Crippen molar-refractivity contribution in [2.75, 3.05) is 33.4 Å². The van der Waals surface area contributed by atoms with Crippen molar-refractivity contribution in [3.63, 3.8) is 0 Å². The van der Waals surface area contributed by atoms with E-state index in [9.17, 15) is 9.18 Å². The third-order valence-electron chi connectivity index (χ3n) is 4.59. The van der Waals surface area contributed by atoms with Gasteiger partial charge >= 0.3 is 0 Å². The van der Waals surface area contributed by atoms with Crippen LogP contribution in [0.25, 0.3) is 0 Å². The Morgan fingerprint density at radius 1 is 1.31 bits per heavy atom. The molecule has 0 unspecified atom stereocenters. The number of aromatic nitrogens is 3. The highest BCUT2D eigenvalue weighted by Crippen LogP contribution is 2.23. The van der Waals surface area contributed by atoms with E-state index >= 15 is 0 Å². The van der Waals surface area contributed by atoms with Crippen LogP contribution in [0.4, 0.5) is 4.39 Å². The van der Waals surface area contributed by atoms with Gasteiger partial charge in [0.1, 0.15) is 5.82 Å². The largest absolute Gasteiger partial charge is 0.383 e. The summed E-state index contributed by atoms with van der Waals surface area (Å²) in [6, 6.07) is 6.89. The molecule has 1 aliphatic rings. The third kappa shape index (κ3) is 4.86. The fraction of sp³-hybridized carbons (Fsp3) is 0.500. The lowest BCUT2D eigenvalue weighted by molar-refractivity contribution is 0.0932. The number of methoxy groups -OCH3 is 1. The summed E-state index contributed by atoms with van der Waals surface area (Å²) in [4.78, 5) is 14.3. The maximum absolute atomic E-state index is 13.0. The maximum atomic E-state index is 13.0. The summed E-state index contributed by atoms with van der Waals surface area (Å²) < 4.78 is 19.7. The Balaban J connectivity index is 1.49. The van der Waals surface area contributed by atoms with Gasteiger partial charge in [0.25, 0.3) is 5.91 Å². The molecule has 3 rings (SSSR count). The van der Waals surface area contributed by atoms with Crippen molar-refractivity contribution in [3.8, 4) is 0 Å². The smallest absolute Gasteiger partial charge is 0.273 e. The first kappa shape index (κ1) is 18.5. The van der Waals surface area contributed by atoms with Gasteiger partial charge in [0.15, 0.2) is 5.69 Å². The standard InChI is InChI=1S/C18H24FN5O2/c1-26-11-8-20-18(25)17-13-24(22-21-17)16-6-9-23(10-7-16)12-14-2-4-15(19)5-3-14/h2-5,13,16H,6-12H2,1H3,(H,20,25). The maximum Gasteiger partial charge on any atom is 0.273 e. The number of nitrogens with zero attached hydrogens (tertiary/aromatic N) is 4. The van der Waals surface area contributed by atoms with Crippen LogP contribution >= 0.6 is 0 Å². The first-order chi connectivity index (χ1) is 12.7. The van der Waals surface area contributed by atoms with E-state index in [0.717, 1.165) is 38.0 Å². The van der Waals surface area contributed by atoms with Crippen molar-refractivity contribution in [1.82, 2.24) is 25.2 Å². The molecule has 8 heteroatoms. The van der Waals surface area contributed by atoms with Crippen molar-refractivity contribution in [2.45, 2.75) is 25.4 Å². The van der Waals surface area contributed by atoms with Crippen LogP contribution in [0.2, 0.25) is 0 Å². The molecular weight excluding hydrogens is 337 g/mol. The highest BCUT2D eigenvalue weighted by molar-refractivity contribution is 5.91. The lowest BCUT2D eigenvalue weighted by Crippen LogP contribution is -2.34. The number of amides is 1. The molecule has 1 aromatic carbocycles. The predicted octanol–water partition coefficient (Wildman–Crippen LogP) is 1.63. The summed E-state index contributed by atoms with van der Waals surface area (Å²) in [6.07, 6.45) is 3.59. The molecule has 1 aromatic heterocycles. The Hall–Kier alpha value is -2.32. The SMILES string of the molecule is COCCNC(=O)c1cn(C2CCN(Cc3ccc(F)cc3)CC2)nn1. The number of ether oxygens (including phenoxy) is 1. The van der Waals surface area contributed by atoms with Crippen molar-refractivity contribution >= 4 is 5.91 Å². The van der Waals surface area contributed by atoms with Gasteiger partial charge in [-0.3, -0.25) is 9.69 Å². The summed E-state index contributed by atoms with van der Waals surface area (Å²) in [5.41, 5.74) is 1.44. The number of benzene rings is 1. The highest BCUT2D eigenvalue weighted by Gasteiger charge is 2.22. The van der Waals surface area contributed by atoms with E-state index in [1.807, 2.05) is 12.1 Å². The van der Waals surface area contributed by atoms with Crippen molar-refractivity contribution in [1.29, 1.82) is 0 Å². The van der Waals surface area contributed by atoms with E-state index in [1.54, 1.807) is 18.0 Å². The first-order valence-electron chi connectivity index (χ1n) is 8.81. The van der Waals surface area contributed by atoms with Gasteiger partial charge < -0.3 is 10.1 Å². The van der Waals surface area contributed by atoms with Crippen molar-refractivity contribution in [3.05, 3.63) is 47.5 Å². The van der Waals surface area contributed by atoms with Gasteiger partial charge in [0.2, 0.25) is 0 Å². The van der Waals surface area contributed by atoms with Gasteiger partial charge in [-0.25, -0.2) is 9.07 Å². The Kier molecular flexibility index (Phi) is 6.30.